The van der Waals surface area contributed by atoms with Crippen molar-refractivity contribution in [3.05, 3.63) is 48.0 Å². The summed E-state index contributed by atoms with van der Waals surface area (Å²) >= 11 is 1.83. The van der Waals surface area contributed by atoms with Crippen LogP contribution in [-0.4, -0.2) is 27.8 Å². The first kappa shape index (κ1) is 14.3. The molecule has 0 spiro atoms. The minimum Gasteiger partial charge on any atom is -0.350 e. The van der Waals surface area contributed by atoms with Crippen molar-refractivity contribution in [3.8, 4) is 11.4 Å². The molecule has 3 aromatic rings. The Balaban J connectivity index is 1.89. The van der Waals surface area contributed by atoms with Crippen molar-refractivity contribution < 1.29 is 4.79 Å². The highest BCUT2D eigenvalue weighted by molar-refractivity contribution is 7.99. The molecular formula is C18H17N3OS. The van der Waals surface area contributed by atoms with Gasteiger partial charge in [0.15, 0.2) is 0 Å². The molecule has 23 heavy (non-hydrogen) atoms. The summed E-state index contributed by atoms with van der Waals surface area (Å²) in [6.45, 7) is 3.51. The Morgan fingerprint density at radius 1 is 1.22 bits per heavy atom. The molecule has 116 valence electrons. The van der Waals surface area contributed by atoms with Gasteiger partial charge in [0.05, 0.1) is 16.6 Å². The second-order valence-electron chi connectivity index (χ2n) is 5.47. The molecule has 1 aliphatic rings. The third-order valence-electron chi connectivity index (χ3n) is 4.06. The van der Waals surface area contributed by atoms with Gasteiger partial charge >= 0.3 is 0 Å². The van der Waals surface area contributed by atoms with Crippen molar-refractivity contribution >= 4 is 28.7 Å². The van der Waals surface area contributed by atoms with E-state index in [1.165, 1.54) is 4.90 Å². The Morgan fingerprint density at radius 2 is 2.04 bits per heavy atom. The Morgan fingerprint density at radius 3 is 2.83 bits per heavy atom. The lowest BCUT2D eigenvalue weighted by molar-refractivity contribution is 0.0956. The lowest BCUT2D eigenvalue weighted by atomic mass is 10.1. The van der Waals surface area contributed by atoms with Gasteiger partial charge in [-0.2, -0.15) is 0 Å². The van der Waals surface area contributed by atoms with E-state index in [1.807, 2.05) is 30.0 Å². The predicted octanol–water partition coefficient (Wildman–Crippen LogP) is 3.56. The highest BCUT2D eigenvalue weighted by atomic mass is 32.2. The van der Waals surface area contributed by atoms with Crippen molar-refractivity contribution in [2.75, 3.05) is 12.3 Å². The molecule has 5 heteroatoms. The first-order valence-corrected chi connectivity index (χ1v) is 8.77. The second kappa shape index (κ2) is 5.74. The van der Waals surface area contributed by atoms with E-state index in [0.717, 1.165) is 34.7 Å². The van der Waals surface area contributed by atoms with Crippen LogP contribution in [-0.2, 0) is 6.54 Å². The number of hydrogen-bond donors (Lipinski definition) is 1. The number of benzene rings is 2. The molecule has 0 unspecified atom stereocenters. The maximum Gasteiger partial charge on any atom is 0.253 e. The highest BCUT2D eigenvalue weighted by Crippen LogP contribution is 2.29. The summed E-state index contributed by atoms with van der Waals surface area (Å²) < 4.78 is 2.16. The number of thioether (sulfide) groups is 1. The molecule has 0 radical (unpaired) electrons. The molecule has 1 N–H and O–H groups in total. The topological polar surface area (TPSA) is 46.9 Å². The van der Waals surface area contributed by atoms with Gasteiger partial charge in [0.2, 0.25) is 0 Å². The van der Waals surface area contributed by atoms with Crippen LogP contribution in [0.25, 0.3) is 22.4 Å². The zero-order valence-corrected chi connectivity index (χ0v) is 13.7. The normalized spacial score (nSPS) is 13.9. The average Bonchev–Trinajstić information content (AvgIpc) is 2.85. The van der Waals surface area contributed by atoms with E-state index in [4.69, 9.17) is 4.98 Å². The van der Waals surface area contributed by atoms with Crippen LogP contribution < -0.4 is 5.32 Å². The maximum atomic E-state index is 12.2. The van der Waals surface area contributed by atoms with E-state index in [-0.39, 0.29) is 5.91 Å². The summed E-state index contributed by atoms with van der Waals surface area (Å²) in [4.78, 5) is 18.2. The molecule has 1 aliphatic heterocycles. The minimum absolute atomic E-state index is 0.0181. The predicted molar refractivity (Wildman–Crippen MR) is 93.9 cm³/mol. The summed E-state index contributed by atoms with van der Waals surface area (Å²) in [7, 11) is 0. The van der Waals surface area contributed by atoms with Crippen LogP contribution in [0.3, 0.4) is 0 Å². The van der Waals surface area contributed by atoms with Crippen LogP contribution in [0, 0.1) is 0 Å². The number of rotatable bonds is 3. The zero-order chi connectivity index (χ0) is 15.8. The first-order valence-electron chi connectivity index (χ1n) is 7.78. The van der Waals surface area contributed by atoms with E-state index in [9.17, 15) is 4.79 Å². The molecule has 0 saturated carbocycles. The summed E-state index contributed by atoms with van der Waals surface area (Å²) in [6, 6.07) is 14.2. The Bertz CT molecular complexity index is 883. The second-order valence-corrected chi connectivity index (χ2v) is 6.81. The molecule has 4 rings (SSSR count). The first-order chi connectivity index (χ1) is 11.3. The van der Waals surface area contributed by atoms with Crippen LogP contribution in [0.2, 0.25) is 0 Å². The Hall–Kier alpha value is -2.27. The largest absolute Gasteiger partial charge is 0.350 e. The number of aromatic nitrogens is 2. The molecular weight excluding hydrogens is 306 g/mol. The number of carbonyl (C=O) groups excluding carboxylic acids is 1. The fraction of sp³-hybridized carbons (Fsp3) is 0.222. The fourth-order valence-corrected chi connectivity index (χ4v) is 3.71. The van der Waals surface area contributed by atoms with E-state index in [1.54, 1.807) is 0 Å². The number of para-hydroxylation sites is 1. The van der Waals surface area contributed by atoms with Gasteiger partial charge in [-0.1, -0.05) is 25.1 Å². The molecule has 1 amide bonds. The van der Waals surface area contributed by atoms with E-state index < -0.39 is 0 Å². The van der Waals surface area contributed by atoms with Crippen molar-refractivity contribution in [3.63, 3.8) is 0 Å². The molecule has 0 bridgehead atoms. The third-order valence-corrected chi connectivity index (χ3v) is 4.95. The van der Waals surface area contributed by atoms with Crippen molar-refractivity contribution in [1.29, 1.82) is 0 Å². The van der Waals surface area contributed by atoms with Gasteiger partial charge in [0.25, 0.3) is 5.91 Å². The van der Waals surface area contributed by atoms with Gasteiger partial charge in [-0.05, 0) is 30.0 Å². The Labute approximate surface area is 138 Å². The van der Waals surface area contributed by atoms with Gasteiger partial charge in [0.1, 0.15) is 5.82 Å². The van der Waals surface area contributed by atoms with Crippen LogP contribution in [0.15, 0.2) is 47.4 Å². The van der Waals surface area contributed by atoms with Crippen molar-refractivity contribution in [2.24, 2.45) is 0 Å². The number of amides is 1. The van der Waals surface area contributed by atoms with Crippen LogP contribution in [0.1, 0.15) is 17.3 Å². The zero-order valence-electron chi connectivity index (χ0n) is 12.9. The van der Waals surface area contributed by atoms with Gasteiger partial charge in [-0.25, -0.2) is 4.98 Å². The van der Waals surface area contributed by atoms with E-state index >= 15 is 0 Å². The van der Waals surface area contributed by atoms with E-state index in [2.05, 4.69) is 41.1 Å². The van der Waals surface area contributed by atoms with Crippen LogP contribution in [0.4, 0.5) is 0 Å². The molecule has 1 aromatic heterocycles. The van der Waals surface area contributed by atoms with E-state index in [0.29, 0.717) is 12.1 Å². The van der Waals surface area contributed by atoms with Gasteiger partial charge in [-0.15, -0.1) is 11.8 Å². The maximum absolute atomic E-state index is 12.2. The summed E-state index contributed by atoms with van der Waals surface area (Å²) in [5.74, 6) is 1.97. The molecule has 2 heterocycles. The van der Waals surface area contributed by atoms with Gasteiger partial charge in [-0.3, -0.25) is 4.79 Å². The monoisotopic (exact) mass is 323 g/mol. The minimum atomic E-state index is -0.0181. The van der Waals surface area contributed by atoms with Crippen LogP contribution in [0.5, 0.6) is 0 Å². The summed E-state index contributed by atoms with van der Waals surface area (Å²) in [5.41, 5.74) is 3.60. The third kappa shape index (κ3) is 2.41. The lowest BCUT2D eigenvalue weighted by Gasteiger charge is -2.08. The number of carbonyl (C=O) groups is 1. The molecule has 2 aromatic carbocycles. The summed E-state index contributed by atoms with van der Waals surface area (Å²) in [6.07, 6.45) is 0. The highest BCUT2D eigenvalue weighted by Gasteiger charge is 2.21. The fourth-order valence-electron chi connectivity index (χ4n) is 3.05. The number of nitrogens with zero attached hydrogens (tertiary/aromatic N) is 2. The van der Waals surface area contributed by atoms with Crippen molar-refractivity contribution in [1.82, 2.24) is 14.9 Å². The molecule has 0 aliphatic carbocycles. The lowest BCUT2D eigenvalue weighted by Crippen LogP contribution is -2.24. The SMILES string of the molecule is CCSc1ccc(-c2nc3cccc4c3n2CCNC4=O)cc1. The van der Waals surface area contributed by atoms with Crippen molar-refractivity contribution in [2.45, 2.75) is 18.4 Å². The van der Waals surface area contributed by atoms with Crippen LogP contribution >= 0.6 is 11.8 Å². The Kier molecular flexibility index (Phi) is 3.58. The number of imidazole rings is 1. The molecule has 0 atom stereocenters. The summed E-state index contributed by atoms with van der Waals surface area (Å²) in [5, 5.41) is 2.95. The number of nitrogens with one attached hydrogen (secondary N) is 1. The van der Waals surface area contributed by atoms with Gasteiger partial charge < -0.3 is 9.88 Å². The quantitative estimate of drug-likeness (QED) is 0.750. The molecule has 4 nitrogen and oxygen atoms in total. The average molecular weight is 323 g/mol. The van der Waals surface area contributed by atoms with Gasteiger partial charge in [0, 0.05) is 23.5 Å². The smallest absolute Gasteiger partial charge is 0.253 e. The standard InChI is InChI=1S/C18H17N3OS/c1-2-23-13-8-6-12(7-9-13)17-20-15-5-3-4-14-16(15)21(17)11-10-19-18(14)22/h3-9H,2,10-11H2,1H3,(H,19,22). The number of hydrogen-bond acceptors (Lipinski definition) is 3. The molecule has 0 saturated heterocycles. The molecule has 0 fully saturated rings.